The van der Waals surface area contributed by atoms with E-state index < -0.39 is 0 Å². The van der Waals surface area contributed by atoms with Crippen molar-refractivity contribution in [1.82, 2.24) is 19.9 Å². The highest BCUT2D eigenvalue weighted by Gasteiger charge is 2.35. The maximum atomic E-state index is 6.82. The van der Waals surface area contributed by atoms with E-state index in [0.717, 1.165) is 82.7 Å². The molecule has 0 saturated heterocycles. The fourth-order valence-electron chi connectivity index (χ4n) is 11.9. The van der Waals surface area contributed by atoms with Crippen LogP contribution in [0.1, 0.15) is 25.0 Å². The van der Waals surface area contributed by atoms with Crippen LogP contribution < -0.4 is 0 Å². The summed E-state index contributed by atoms with van der Waals surface area (Å²) in [5.41, 5.74) is 14.5. The summed E-state index contributed by atoms with van der Waals surface area (Å²) >= 11 is 0. The topological polar surface area (TPSA) is 64.7 Å². The third kappa shape index (κ3) is 6.01. The number of rotatable bonds is 5. The van der Waals surface area contributed by atoms with Crippen molar-refractivity contribution >= 4 is 75.9 Å². The maximum Gasteiger partial charge on any atom is 0.164 e. The number of pyridine rings is 1. The van der Waals surface area contributed by atoms with Crippen molar-refractivity contribution in [3.05, 3.63) is 230 Å². The monoisotopic (exact) mass is 918 g/mol. The summed E-state index contributed by atoms with van der Waals surface area (Å²) in [6.07, 6.45) is 0. The Balaban J connectivity index is 0.929. The third-order valence-corrected chi connectivity index (χ3v) is 15.3. The molecule has 336 valence electrons. The van der Waals surface area contributed by atoms with Crippen molar-refractivity contribution in [2.24, 2.45) is 0 Å². The molecule has 0 atom stereocenters. The average molecular weight is 919 g/mol. The van der Waals surface area contributed by atoms with Gasteiger partial charge in [0.05, 0.1) is 11.2 Å². The van der Waals surface area contributed by atoms with E-state index in [9.17, 15) is 0 Å². The molecule has 1 aliphatic carbocycles. The highest BCUT2D eigenvalue weighted by atomic mass is 16.3. The second-order valence-corrected chi connectivity index (χ2v) is 19.7. The van der Waals surface area contributed by atoms with Crippen LogP contribution in [0.15, 0.2) is 223 Å². The van der Waals surface area contributed by atoms with E-state index in [4.69, 9.17) is 24.4 Å². The van der Waals surface area contributed by atoms with Gasteiger partial charge in [0.2, 0.25) is 0 Å². The lowest BCUT2D eigenvalue weighted by atomic mass is 9.82. The Morgan fingerprint density at radius 1 is 0.319 bits per heavy atom. The summed E-state index contributed by atoms with van der Waals surface area (Å²) < 4.78 is 6.82. The van der Waals surface area contributed by atoms with Gasteiger partial charge in [-0.05, 0) is 90.5 Å². The first-order chi connectivity index (χ1) is 35.4. The van der Waals surface area contributed by atoms with E-state index in [2.05, 4.69) is 208 Å². The lowest BCUT2D eigenvalue weighted by Gasteiger charge is -2.21. The number of benzene rings is 11. The molecule has 0 N–H and O–H groups in total. The van der Waals surface area contributed by atoms with Gasteiger partial charge in [0, 0.05) is 60.2 Å². The number of furan rings is 1. The standard InChI is InChI=1S/C67H42N4O/c1-67(2)55-25-13-10-22-49(55)50-35-33-43(37-56(50)67)66-70-64(40-16-4-3-5-17-40)69-65(71-66)41-30-28-39(29-31-41)63-54-38-59-62(52-24-12-15-27-58(52)72-59)60(61(54)51-23-11-14-26-57(51)68-63)42-32-34-48-46-20-7-6-18-44(46)45-19-8-9-21-47(45)53(48)36-42/h3-38H,1-2H3. The number of fused-ring (bicyclic) bond motifs is 15. The van der Waals surface area contributed by atoms with Crippen molar-refractivity contribution in [3.63, 3.8) is 0 Å². The second-order valence-electron chi connectivity index (χ2n) is 19.7. The highest BCUT2D eigenvalue weighted by Crippen LogP contribution is 2.50. The zero-order chi connectivity index (χ0) is 47.7. The molecular formula is C67H42N4O. The zero-order valence-electron chi connectivity index (χ0n) is 39.5. The van der Waals surface area contributed by atoms with E-state index in [1.165, 1.54) is 54.6 Å². The minimum absolute atomic E-state index is 0.159. The largest absolute Gasteiger partial charge is 0.456 e. The number of hydrogen-bond donors (Lipinski definition) is 0. The van der Waals surface area contributed by atoms with Crippen LogP contribution in [-0.4, -0.2) is 19.9 Å². The second kappa shape index (κ2) is 15.3. The third-order valence-electron chi connectivity index (χ3n) is 15.3. The van der Waals surface area contributed by atoms with Gasteiger partial charge < -0.3 is 4.42 Å². The zero-order valence-corrected chi connectivity index (χ0v) is 39.5. The molecule has 5 nitrogen and oxygen atoms in total. The van der Waals surface area contributed by atoms with E-state index in [1.54, 1.807) is 0 Å². The van der Waals surface area contributed by atoms with Gasteiger partial charge in [-0.25, -0.2) is 19.9 Å². The summed E-state index contributed by atoms with van der Waals surface area (Å²) in [5, 5.41) is 12.9. The van der Waals surface area contributed by atoms with Gasteiger partial charge in [-0.2, -0.15) is 0 Å². The Morgan fingerprint density at radius 2 is 0.847 bits per heavy atom. The molecule has 11 aromatic carbocycles. The molecular weight excluding hydrogens is 877 g/mol. The number of aromatic nitrogens is 4. The molecule has 3 aromatic heterocycles. The van der Waals surface area contributed by atoms with E-state index in [1.807, 2.05) is 24.3 Å². The van der Waals surface area contributed by atoms with Crippen molar-refractivity contribution in [3.8, 4) is 67.7 Å². The van der Waals surface area contributed by atoms with Gasteiger partial charge in [-0.15, -0.1) is 0 Å². The smallest absolute Gasteiger partial charge is 0.164 e. The van der Waals surface area contributed by atoms with Crippen LogP contribution in [-0.2, 0) is 5.41 Å². The molecule has 0 amide bonds. The summed E-state index contributed by atoms with van der Waals surface area (Å²) in [7, 11) is 0. The number of nitrogens with zero attached hydrogens (tertiary/aromatic N) is 4. The van der Waals surface area contributed by atoms with Crippen LogP contribution >= 0.6 is 0 Å². The first kappa shape index (κ1) is 40.6. The molecule has 0 radical (unpaired) electrons. The fraction of sp³-hybridized carbons (Fsp3) is 0.0448. The SMILES string of the molecule is CC1(C)c2ccccc2-c2ccc(-c3nc(-c4ccccc4)nc(-c4ccc(-c5nc6ccccc6c6c(-c7ccc8c9ccccc9c9ccccc9c8c7)c7c(cc56)oc5ccccc57)cc4)n3)cc21. The van der Waals surface area contributed by atoms with Crippen molar-refractivity contribution in [2.45, 2.75) is 19.3 Å². The minimum Gasteiger partial charge on any atom is -0.456 e. The van der Waals surface area contributed by atoms with E-state index in [0.29, 0.717) is 17.5 Å². The van der Waals surface area contributed by atoms with Gasteiger partial charge in [0.15, 0.2) is 17.5 Å². The Labute approximate surface area is 414 Å². The maximum absolute atomic E-state index is 6.82. The molecule has 3 heterocycles. The molecule has 1 aliphatic rings. The lowest BCUT2D eigenvalue weighted by Crippen LogP contribution is -2.15. The number of hydrogen-bond acceptors (Lipinski definition) is 5. The van der Waals surface area contributed by atoms with Crippen molar-refractivity contribution in [1.29, 1.82) is 0 Å². The van der Waals surface area contributed by atoms with Gasteiger partial charge in [0.1, 0.15) is 11.2 Å². The quantitative estimate of drug-likeness (QED) is 0.161. The van der Waals surface area contributed by atoms with Gasteiger partial charge in [0.25, 0.3) is 0 Å². The Kier molecular flexibility index (Phi) is 8.64. The molecule has 0 spiro atoms. The van der Waals surface area contributed by atoms with Crippen LogP contribution in [0.4, 0.5) is 0 Å². The van der Waals surface area contributed by atoms with Gasteiger partial charge in [-0.3, -0.25) is 0 Å². The predicted octanol–water partition coefficient (Wildman–Crippen LogP) is 17.6. The van der Waals surface area contributed by atoms with E-state index in [-0.39, 0.29) is 5.41 Å². The Bertz CT molecular complexity index is 4560. The summed E-state index contributed by atoms with van der Waals surface area (Å²) in [4.78, 5) is 21.0. The van der Waals surface area contributed by atoms with E-state index >= 15 is 0 Å². The van der Waals surface area contributed by atoms with Crippen LogP contribution in [0, 0.1) is 0 Å². The predicted molar refractivity (Wildman–Crippen MR) is 297 cm³/mol. The number of para-hydroxylation sites is 2. The first-order valence-electron chi connectivity index (χ1n) is 24.6. The van der Waals surface area contributed by atoms with Crippen LogP contribution in [0.25, 0.3) is 144 Å². The molecule has 0 aliphatic heterocycles. The molecule has 0 fully saturated rings. The summed E-state index contributed by atoms with van der Waals surface area (Å²) in [6, 6.07) is 77.8. The minimum atomic E-state index is -0.159. The summed E-state index contributed by atoms with van der Waals surface area (Å²) in [6.45, 7) is 4.61. The molecule has 5 heteroatoms. The normalized spacial score (nSPS) is 13.0. The lowest BCUT2D eigenvalue weighted by molar-refractivity contribution is 0.660. The highest BCUT2D eigenvalue weighted by molar-refractivity contribution is 6.30. The van der Waals surface area contributed by atoms with Crippen LogP contribution in [0.3, 0.4) is 0 Å². The van der Waals surface area contributed by atoms with Crippen LogP contribution in [0.2, 0.25) is 0 Å². The molecule has 0 bridgehead atoms. The fourth-order valence-corrected chi connectivity index (χ4v) is 11.9. The first-order valence-corrected chi connectivity index (χ1v) is 24.6. The van der Waals surface area contributed by atoms with Crippen molar-refractivity contribution in [2.75, 3.05) is 0 Å². The molecule has 0 unspecified atom stereocenters. The van der Waals surface area contributed by atoms with Gasteiger partial charge >= 0.3 is 0 Å². The van der Waals surface area contributed by atoms with Crippen molar-refractivity contribution < 1.29 is 4.42 Å². The Hall–Kier alpha value is -9.32. The molecule has 0 saturated carbocycles. The molecule has 14 aromatic rings. The van der Waals surface area contributed by atoms with Crippen LogP contribution in [0.5, 0.6) is 0 Å². The molecule has 15 rings (SSSR count). The average Bonchev–Trinajstić information content (AvgIpc) is 3.93. The Morgan fingerprint density at radius 3 is 1.58 bits per heavy atom. The molecule has 72 heavy (non-hydrogen) atoms. The summed E-state index contributed by atoms with van der Waals surface area (Å²) in [5.74, 6) is 1.87. The van der Waals surface area contributed by atoms with Gasteiger partial charge in [-0.1, -0.05) is 202 Å².